The van der Waals surface area contributed by atoms with E-state index in [9.17, 15) is 32.7 Å². The number of carboxylic acid groups (broad SMARTS) is 1. The van der Waals surface area contributed by atoms with Crippen LogP contribution in [-0.2, 0) is 24.4 Å². The molecule has 1 heterocycles. The Morgan fingerprint density at radius 3 is 2.26 bits per heavy atom. The van der Waals surface area contributed by atoms with E-state index in [-0.39, 0.29) is 28.1 Å². The summed E-state index contributed by atoms with van der Waals surface area (Å²) in [5.41, 5.74) is 0.150. The molecule has 0 saturated heterocycles. The van der Waals surface area contributed by atoms with Crippen LogP contribution in [0.3, 0.4) is 0 Å². The van der Waals surface area contributed by atoms with Crippen LogP contribution >= 0.6 is 11.6 Å². The maximum atomic E-state index is 13.2. The summed E-state index contributed by atoms with van der Waals surface area (Å²) in [7, 11) is 1.06. The SMILES string of the molecule is Cc1cccc(Cl)c1C(=O)NC(Cc1ccc(-c2c(C)cc(C(F)(F)F)n(C)c2=O)cc1)C(=O)O. The molecule has 0 radical (unpaired) electrons. The summed E-state index contributed by atoms with van der Waals surface area (Å²) in [5.74, 6) is -1.87. The van der Waals surface area contributed by atoms with Gasteiger partial charge in [0.15, 0.2) is 0 Å². The number of carbonyl (C=O) groups excluding carboxylic acids is 1. The zero-order chi connectivity index (χ0) is 26.1. The lowest BCUT2D eigenvalue weighted by molar-refractivity contribution is -0.143. The van der Waals surface area contributed by atoms with Gasteiger partial charge in [0.2, 0.25) is 0 Å². The third-order valence-corrected chi connectivity index (χ3v) is 5.97. The van der Waals surface area contributed by atoms with Crippen molar-refractivity contribution >= 4 is 23.5 Å². The van der Waals surface area contributed by atoms with Gasteiger partial charge in [0.1, 0.15) is 11.7 Å². The van der Waals surface area contributed by atoms with E-state index in [4.69, 9.17) is 11.6 Å². The Kier molecular flexibility index (Phi) is 7.40. The first-order valence-corrected chi connectivity index (χ1v) is 10.8. The average Bonchev–Trinajstić information content (AvgIpc) is 2.76. The lowest BCUT2D eigenvalue weighted by Crippen LogP contribution is -2.42. The number of carboxylic acids is 1. The third kappa shape index (κ3) is 5.57. The van der Waals surface area contributed by atoms with Crippen molar-refractivity contribution in [2.75, 3.05) is 0 Å². The molecule has 0 bridgehead atoms. The smallest absolute Gasteiger partial charge is 0.431 e. The highest BCUT2D eigenvalue weighted by Crippen LogP contribution is 2.31. The van der Waals surface area contributed by atoms with Crippen LogP contribution < -0.4 is 10.9 Å². The molecule has 1 amide bonds. The molecule has 35 heavy (non-hydrogen) atoms. The summed E-state index contributed by atoms with van der Waals surface area (Å²) in [4.78, 5) is 37.1. The average molecular weight is 507 g/mol. The van der Waals surface area contributed by atoms with E-state index in [0.29, 0.717) is 21.3 Å². The Morgan fingerprint density at radius 2 is 1.71 bits per heavy atom. The van der Waals surface area contributed by atoms with Crippen molar-refractivity contribution in [3.63, 3.8) is 0 Å². The van der Waals surface area contributed by atoms with Crippen molar-refractivity contribution in [3.05, 3.63) is 91.9 Å². The molecule has 184 valence electrons. The molecule has 2 N–H and O–H groups in total. The van der Waals surface area contributed by atoms with E-state index >= 15 is 0 Å². The van der Waals surface area contributed by atoms with Gasteiger partial charge >= 0.3 is 12.1 Å². The van der Waals surface area contributed by atoms with Crippen LogP contribution in [0.5, 0.6) is 0 Å². The fraction of sp³-hybridized carbons (Fsp3) is 0.240. The molecule has 0 aliphatic carbocycles. The Hall–Kier alpha value is -3.59. The molecule has 6 nitrogen and oxygen atoms in total. The number of nitrogens with one attached hydrogen (secondary N) is 1. The summed E-state index contributed by atoms with van der Waals surface area (Å²) in [6.07, 6.45) is -4.73. The van der Waals surface area contributed by atoms with E-state index in [0.717, 1.165) is 13.1 Å². The van der Waals surface area contributed by atoms with Gasteiger partial charge in [-0.05, 0) is 48.2 Å². The number of carbonyl (C=O) groups is 2. The molecular formula is C25H22ClF3N2O4. The molecule has 3 rings (SSSR count). The normalized spacial score (nSPS) is 12.3. The number of nitrogens with zero attached hydrogens (tertiary/aromatic N) is 1. The predicted octanol–water partition coefficient (Wildman–Crippen LogP) is 4.77. The highest BCUT2D eigenvalue weighted by Gasteiger charge is 2.34. The lowest BCUT2D eigenvalue weighted by atomic mass is 9.98. The first-order valence-electron chi connectivity index (χ1n) is 10.5. The Balaban J connectivity index is 1.86. The van der Waals surface area contributed by atoms with Crippen molar-refractivity contribution in [3.8, 4) is 11.1 Å². The van der Waals surface area contributed by atoms with Gasteiger partial charge < -0.3 is 15.0 Å². The Morgan fingerprint density at radius 1 is 1.09 bits per heavy atom. The van der Waals surface area contributed by atoms with Crippen LogP contribution in [0.4, 0.5) is 13.2 Å². The number of amides is 1. The molecule has 3 aromatic rings. The zero-order valence-electron chi connectivity index (χ0n) is 19.0. The molecule has 0 saturated carbocycles. The van der Waals surface area contributed by atoms with E-state index in [1.165, 1.54) is 25.1 Å². The van der Waals surface area contributed by atoms with E-state index in [2.05, 4.69) is 5.32 Å². The van der Waals surface area contributed by atoms with E-state index in [1.54, 1.807) is 31.2 Å². The van der Waals surface area contributed by atoms with Gasteiger partial charge in [-0.15, -0.1) is 0 Å². The Labute approximate surface area is 204 Å². The maximum Gasteiger partial charge on any atom is 0.431 e. The van der Waals surface area contributed by atoms with Crippen molar-refractivity contribution in [2.24, 2.45) is 7.05 Å². The molecule has 1 atom stereocenters. The van der Waals surface area contributed by atoms with Gasteiger partial charge in [-0.1, -0.05) is 48.0 Å². The topological polar surface area (TPSA) is 88.4 Å². The molecule has 0 aliphatic heterocycles. The monoisotopic (exact) mass is 506 g/mol. The quantitative estimate of drug-likeness (QED) is 0.504. The van der Waals surface area contributed by atoms with Crippen LogP contribution in [0.1, 0.15) is 32.7 Å². The predicted molar refractivity (Wildman–Crippen MR) is 126 cm³/mol. The molecule has 1 aromatic heterocycles. The number of hydrogen-bond acceptors (Lipinski definition) is 3. The minimum absolute atomic E-state index is 0.0607. The first-order chi connectivity index (χ1) is 16.3. The van der Waals surface area contributed by atoms with Gasteiger partial charge in [-0.25, -0.2) is 4.79 Å². The van der Waals surface area contributed by atoms with Crippen molar-refractivity contribution in [1.29, 1.82) is 0 Å². The third-order valence-electron chi connectivity index (χ3n) is 5.65. The number of pyridine rings is 1. The van der Waals surface area contributed by atoms with Crippen LogP contribution in [-0.4, -0.2) is 27.6 Å². The molecule has 0 fully saturated rings. The fourth-order valence-corrected chi connectivity index (χ4v) is 4.14. The summed E-state index contributed by atoms with van der Waals surface area (Å²) in [6.45, 7) is 3.11. The summed E-state index contributed by atoms with van der Waals surface area (Å²) in [6, 6.07) is 10.7. The lowest BCUT2D eigenvalue weighted by Gasteiger charge is -2.17. The summed E-state index contributed by atoms with van der Waals surface area (Å²) < 4.78 is 40.1. The minimum Gasteiger partial charge on any atom is -0.480 e. The van der Waals surface area contributed by atoms with Crippen LogP contribution in [0, 0.1) is 13.8 Å². The van der Waals surface area contributed by atoms with Gasteiger partial charge in [0.05, 0.1) is 16.1 Å². The summed E-state index contributed by atoms with van der Waals surface area (Å²) in [5, 5.41) is 12.3. The first kappa shape index (κ1) is 26.0. The highest BCUT2D eigenvalue weighted by molar-refractivity contribution is 6.34. The second kappa shape index (κ2) is 9.95. The fourth-order valence-electron chi connectivity index (χ4n) is 3.84. The van der Waals surface area contributed by atoms with Gasteiger partial charge in [-0.3, -0.25) is 9.59 Å². The number of halogens is 4. The second-order valence-corrected chi connectivity index (χ2v) is 8.55. The van der Waals surface area contributed by atoms with E-state index in [1.807, 2.05) is 0 Å². The van der Waals surface area contributed by atoms with Gasteiger partial charge in [-0.2, -0.15) is 13.2 Å². The zero-order valence-corrected chi connectivity index (χ0v) is 19.8. The number of aryl methyl sites for hydroxylation is 2. The maximum absolute atomic E-state index is 13.2. The second-order valence-electron chi connectivity index (χ2n) is 8.15. The van der Waals surface area contributed by atoms with Crippen molar-refractivity contribution in [1.82, 2.24) is 9.88 Å². The van der Waals surface area contributed by atoms with Crippen LogP contribution in [0.2, 0.25) is 5.02 Å². The van der Waals surface area contributed by atoms with Crippen molar-refractivity contribution < 1.29 is 27.9 Å². The molecule has 10 heteroatoms. The minimum atomic E-state index is -4.67. The highest BCUT2D eigenvalue weighted by atomic mass is 35.5. The molecule has 0 spiro atoms. The number of hydrogen-bond donors (Lipinski definition) is 2. The van der Waals surface area contributed by atoms with Crippen LogP contribution in [0.15, 0.2) is 53.3 Å². The number of aromatic nitrogens is 1. The molecule has 2 aromatic carbocycles. The van der Waals surface area contributed by atoms with E-state index < -0.39 is 35.3 Å². The molecule has 1 unspecified atom stereocenters. The summed E-state index contributed by atoms with van der Waals surface area (Å²) >= 11 is 6.10. The molecule has 0 aliphatic rings. The number of rotatable bonds is 6. The standard InChI is InChI=1S/C25H22ClF3N2O4/c1-13-5-4-6-17(26)21(13)22(32)30-18(24(34)35)12-15-7-9-16(10-8-15)20-14(2)11-19(25(27,28)29)31(3)23(20)33/h4-11,18H,12H2,1-3H3,(H,30,32)(H,34,35). The van der Waals surface area contributed by atoms with Crippen molar-refractivity contribution in [2.45, 2.75) is 32.5 Å². The van der Waals surface area contributed by atoms with Gasteiger partial charge in [0.25, 0.3) is 11.5 Å². The number of benzene rings is 2. The Bertz CT molecular complexity index is 1330. The molecular weight excluding hydrogens is 485 g/mol. The van der Waals surface area contributed by atoms with Crippen LogP contribution in [0.25, 0.3) is 11.1 Å². The van der Waals surface area contributed by atoms with Gasteiger partial charge in [0, 0.05) is 13.5 Å². The number of alkyl halides is 3. The number of aliphatic carboxylic acids is 1. The largest absolute Gasteiger partial charge is 0.480 e.